The van der Waals surface area contributed by atoms with Gasteiger partial charge >= 0.3 is 11.5 Å². The van der Waals surface area contributed by atoms with E-state index in [1.807, 2.05) is 57.2 Å². The van der Waals surface area contributed by atoms with Crippen molar-refractivity contribution < 1.29 is 19.1 Å². The summed E-state index contributed by atoms with van der Waals surface area (Å²) in [5.41, 5.74) is 0.360. The molecule has 3 rings (SSSR count). The van der Waals surface area contributed by atoms with Crippen LogP contribution >= 0.6 is 11.6 Å². The summed E-state index contributed by atoms with van der Waals surface area (Å²) >= 11 is 6.27. The number of alkyl halides is 1. The number of rotatable bonds is 8. The summed E-state index contributed by atoms with van der Waals surface area (Å²) in [5.74, 6) is -1.21. The lowest BCUT2D eigenvalue weighted by Crippen LogP contribution is -2.58. The number of aryl methyl sites for hydroxylation is 3. The van der Waals surface area contributed by atoms with Gasteiger partial charge in [-0.15, -0.1) is 0 Å². The van der Waals surface area contributed by atoms with Crippen molar-refractivity contribution in [1.82, 2.24) is 0 Å². The van der Waals surface area contributed by atoms with Crippen molar-refractivity contribution in [2.24, 2.45) is 0 Å². The topological polar surface area (TPSA) is 70.8 Å². The molecule has 0 aliphatic heterocycles. The van der Waals surface area contributed by atoms with Gasteiger partial charge in [-0.2, -0.15) is 0 Å². The molecule has 3 aromatic carbocycles. The molecule has 0 amide bonds. The first-order valence-electron chi connectivity index (χ1n) is 9.34. The normalized spacial score (nSPS) is 12.1. The number of nitro groups is 1. The first-order valence-corrected chi connectivity index (χ1v) is 9.77. The van der Waals surface area contributed by atoms with Gasteiger partial charge in [0.25, 0.3) is 0 Å². The number of nitrogens with zero attached hydrogens (tertiary/aromatic N) is 1. The molecule has 0 aliphatic carbocycles. The van der Waals surface area contributed by atoms with Crippen molar-refractivity contribution in [3.63, 3.8) is 0 Å². The van der Waals surface area contributed by atoms with Gasteiger partial charge in [0.2, 0.25) is 0 Å². The van der Waals surface area contributed by atoms with Crippen LogP contribution in [-0.4, -0.2) is 16.4 Å². The SMILES string of the molecule is Cc1ccccc1OC(Oc1ccccc1C)(Oc1ccccc1C)C(Cl)[N+](=O)[O-]. The number of para-hydroxylation sites is 3. The van der Waals surface area contributed by atoms with Crippen molar-refractivity contribution in [3.8, 4) is 17.2 Å². The first-order chi connectivity index (χ1) is 14.3. The molecule has 6 nitrogen and oxygen atoms in total. The highest BCUT2D eigenvalue weighted by Gasteiger charge is 2.56. The average Bonchev–Trinajstić information content (AvgIpc) is 2.72. The van der Waals surface area contributed by atoms with Crippen molar-refractivity contribution in [3.05, 3.63) is 99.6 Å². The number of ether oxygens (including phenoxy) is 3. The predicted octanol–water partition coefficient (Wildman–Crippen LogP) is 5.64. The molecule has 7 heteroatoms. The summed E-state index contributed by atoms with van der Waals surface area (Å²) in [6.07, 6.45) is 0. The maximum Gasteiger partial charge on any atom is 0.506 e. The van der Waals surface area contributed by atoms with E-state index >= 15 is 0 Å². The van der Waals surface area contributed by atoms with E-state index in [9.17, 15) is 10.1 Å². The Kier molecular flexibility index (Phi) is 6.47. The summed E-state index contributed by atoms with van der Waals surface area (Å²) in [5, 5.41) is 11.8. The average molecular weight is 428 g/mol. The van der Waals surface area contributed by atoms with Crippen LogP contribution < -0.4 is 14.2 Å². The van der Waals surface area contributed by atoms with E-state index in [0.717, 1.165) is 16.7 Å². The smallest absolute Gasteiger partial charge is 0.414 e. The van der Waals surface area contributed by atoms with E-state index in [0.29, 0.717) is 17.2 Å². The molecular formula is C23H22ClNO5. The minimum Gasteiger partial charge on any atom is -0.414 e. The molecule has 0 N–H and O–H groups in total. The lowest BCUT2D eigenvalue weighted by atomic mass is 10.2. The summed E-state index contributed by atoms with van der Waals surface area (Å²) in [4.78, 5) is 11.1. The Bertz CT molecular complexity index is 924. The lowest BCUT2D eigenvalue weighted by Gasteiger charge is -2.34. The van der Waals surface area contributed by atoms with Gasteiger partial charge in [-0.1, -0.05) is 54.6 Å². The van der Waals surface area contributed by atoms with Crippen molar-refractivity contribution in [2.75, 3.05) is 0 Å². The van der Waals surface area contributed by atoms with Crippen LogP contribution in [0.4, 0.5) is 0 Å². The Morgan fingerprint density at radius 2 is 1.03 bits per heavy atom. The zero-order chi connectivity index (χ0) is 21.7. The third-order valence-electron chi connectivity index (χ3n) is 4.51. The summed E-state index contributed by atoms with van der Waals surface area (Å²) in [6.45, 7) is 5.45. The summed E-state index contributed by atoms with van der Waals surface area (Å²) in [6, 6.07) is 21.2. The second-order valence-corrected chi connectivity index (χ2v) is 7.24. The van der Waals surface area contributed by atoms with Crippen LogP contribution in [0.5, 0.6) is 17.2 Å². The van der Waals surface area contributed by atoms with Gasteiger partial charge in [0, 0.05) is 0 Å². The zero-order valence-electron chi connectivity index (χ0n) is 16.9. The molecule has 0 fully saturated rings. The molecule has 30 heavy (non-hydrogen) atoms. The Hall–Kier alpha value is -3.25. The van der Waals surface area contributed by atoms with Crippen LogP contribution in [0.15, 0.2) is 72.8 Å². The Labute approximate surface area is 180 Å². The minimum atomic E-state index is -2.27. The standard InChI is InChI=1S/C23H22ClNO5/c1-16-10-4-7-13-19(16)28-23(22(24)25(26)27,29-20-14-8-5-11-17(20)2)30-21-15-9-6-12-18(21)3/h4-15,22H,1-3H3. The summed E-state index contributed by atoms with van der Waals surface area (Å²) < 4.78 is 18.2. The number of hydrogen-bond donors (Lipinski definition) is 0. The molecule has 3 aromatic rings. The molecule has 1 atom stereocenters. The molecule has 0 saturated heterocycles. The fraction of sp³-hybridized carbons (Fsp3) is 0.217. The van der Waals surface area contributed by atoms with Gasteiger partial charge in [-0.25, -0.2) is 0 Å². The summed E-state index contributed by atoms with van der Waals surface area (Å²) in [7, 11) is 0. The number of benzene rings is 3. The predicted molar refractivity (Wildman–Crippen MR) is 115 cm³/mol. The van der Waals surface area contributed by atoms with Crippen LogP contribution in [0.1, 0.15) is 16.7 Å². The highest BCUT2D eigenvalue weighted by molar-refractivity contribution is 6.20. The van der Waals surface area contributed by atoms with Gasteiger partial charge in [0.1, 0.15) is 17.2 Å². The minimum absolute atomic E-state index is 0.354. The van der Waals surface area contributed by atoms with Gasteiger partial charge < -0.3 is 14.2 Å². The molecule has 156 valence electrons. The van der Waals surface area contributed by atoms with Crippen LogP contribution in [0.3, 0.4) is 0 Å². The third-order valence-corrected chi connectivity index (χ3v) is 4.94. The molecule has 0 spiro atoms. The Morgan fingerprint density at radius 1 is 0.733 bits per heavy atom. The van der Waals surface area contributed by atoms with E-state index in [2.05, 4.69) is 0 Å². The van der Waals surface area contributed by atoms with Gasteiger partial charge in [-0.3, -0.25) is 10.1 Å². The van der Waals surface area contributed by atoms with Crippen molar-refractivity contribution in [2.45, 2.75) is 32.2 Å². The molecule has 0 aliphatic rings. The van der Waals surface area contributed by atoms with Crippen LogP contribution in [0, 0.1) is 30.9 Å². The second-order valence-electron chi connectivity index (χ2n) is 6.83. The number of hydrogen-bond acceptors (Lipinski definition) is 5. The third kappa shape index (κ3) is 4.66. The molecule has 0 saturated carbocycles. The quantitative estimate of drug-likeness (QED) is 0.153. The highest BCUT2D eigenvalue weighted by atomic mass is 35.5. The van der Waals surface area contributed by atoms with Crippen LogP contribution in [0.25, 0.3) is 0 Å². The fourth-order valence-corrected chi connectivity index (χ4v) is 2.94. The molecule has 1 unspecified atom stereocenters. The van der Waals surface area contributed by atoms with E-state index in [-0.39, 0.29) is 0 Å². The Balaban J connectivity index is 2.16. The number of halogens is 1. The maximum absolute atomic E-state index is 11.8. The molecular weight excluding hydrogens is 406 g/mol. The van der Waals surface area contributed by atoms with E-state index < -0.39 is 16.4 Å². The molecule has 0 radical (unpaired) electrons. The van der Waals surface area contributed by atoms with E-state index in [1.165, 1.54) is 0 Å². The highest BCUT2D eigenvalue weighted by Crippen LogP contribution is 2.35. The maximum atomic E-state index is 11.8. The molecule has 0 heterocycles. The molecule has 0 bridgehead atoms. The molecule has 0 aromatic heterocycles. The zero-order valence-corrected chi connectivity index (χ0v) is 17.6. The lowest BCUT2D eigenvalue weighted by molar-refractivity contribution is -0.550. The monoisotopic (exact) mass is 427 g/mol. The van der Waals surface area contributed by atoms with Gasteiger partial charge in [-0.05, 0) is 67.3 Å². The van der Waals surface area contributed by atoms with Crippen molar-refractivity contribution >= 4 is 11.6 Å². The van der Waals surface area contributed by atoms with E-state index in [1.54, 1.807) is 36.4 Å². The second kappa shape index (κ2) is 9.05. The van der Waals surface area contributed by atoms with Crippen molar-refractivity contribution in [1.29, 1.82) is 0 Å². The van der Waals surface area contributed by atoms with Gasteiger partial charge in [0.15, 0.2) is 0 Å². The van der Waals surface area contributed by atoms with Gasteiger partial charge in [0.05, 0.1) is 4.92 Å². The van der Waals surface area contributed by atoms with Crippen LogP contribution in [0.2, 0.25) is 0 Å². The first kappa shape index (κ1) is 21.5. The largest absolute Gasteiger partial charge is 0.506 e. The van der Waals surface area contributed by atoms with Crippen LogP contribution in [-0.2, 0) is 0 Å². The fourth-order valence-electron chi connectivity index (χ4n) is 2.81. The van der Waals surface area contributed by atoms with E-state index in [4.69, 9.17) is 25.8 Å². The Morgan fingerprint density at radius 3 is 1.30 bits per heavy atom.